The summed E-state index contributed by atoms with van der Waals surface area (Å²) in [6.45, 7) is 0.367. The second-order valence-corrected chi connectivity index (χ2v) is 7.49. The Morgan fingerprint density at radius 3 is 2.44 bits per heavy atom. The third-order valence-corrected chi connectivity index (χ3v) is 5.33. The molecule has 32 heavy (non-hydrogen) atoms. The average molecular weight is 431 g/mol. The number of amides is 1. The number of aliphatic hydroxyl groups excluding tert-OH is 1. The molecule has 2 N–H and O–H groups in total. The number of fused-ring (bicyclic) bond motifs is 1. The highest BCUT2D eigenvalue weighted by atomic mass is 16.6. The Kier molecular flexibility index (Phi) is 6.72. The van der Waals surface area contributed by atoms with Crippen molar-refractivity contribution in [3.63, 3.8) is 0 Å². The van der Waals surface area contributed by atoms with Crippen LogP contribution in [0, 0.1) is 0 Å². The maximum atomic E-state index is 11.5. The molecule has 0 unspecified atom stereocenters. The van der Waals surface area contributed by atoms with Crippen LogP contribution in [0.3, 0.4) is 0 Å². The minimum atomic E-state index is -0.931. The SMILES string of the molecule is CNC(=O)OC[C@H](O)[C@H](c1ccccc1)n1ccc2cc(OCc3ccccc3)ccc21. The summed E-state index contributed by atoms with van der Waals surface area (Å²) in [6, 6.07) is 27.2. The van der Waals surface area contributed by atoms with E-state index in [9.17, 15) is 9.90 Å². The molecule has 164 valence electrons. The summed E-state index contributed by atoms with van der Waals surface area (Å²) in [7, 11) is 1.49. The number of benzene rings is 3. The number of aromatic nitrogens is 1. The van der Waals surface area contributed by atoms with Gasteiger partial charge in [0.1, 0.15) is 25.1 Å². The van der Waals surface area contributed by atoms with Crippen LogP contribution in [-0.4, -0.2) is 35.5 Å². The first-order chi connectivity index (χ1) is 15.7. The van der Waals surface area contributed by atoms with Crippen LogP contribution in [0.25, 0.3) is 10.9 Å². The number of ether oxygens (including phenoxy) is 2. The predicted octanol–water partition coefficient (Wildman–Crippen LogP) is 4.53. The molecule has 0 aliphatic carbocycles. The molecule has 4 rings (SSSR count). The van der Waals surface area contributed by atoms with Gasteiger partial charge < -0.3 is 24.5 Å². The highest BCUT2D eigenvalue weighted by Crippen LogP contribution is 2.30. The molecular formula is C26H26N2O4. The molecule has 0 spiro atoms. The second-order valence-electron chi connectivity index (χ2n) is 7.49. The minimum absolute atomic E-state index is 0.128. The number of carbonyl (C=O) groups excluding carboxylic acids is 1. The highest BCUT2D eigenvalue weighted by molar-refractivity contribution is 5.82. The van der Waals surface area contributed by atoms with Gasteiger partial charge in [-0.3, -0.25) is 0 Å². The zero-order valence-electron chi connectivity index (χ0n) is 17.8. The fraction of sp³-hybridized carbons (Fsp3) is 0.192. The smallest absolute Gasteiger partial charge is 0.406 e. The molecular weight excluding hydrogens is 404 g/mol. The summed E-state index contributed by atoms with van der Waals surface area (Å²) in [4.78, 5) is 11.5. The molecule has 1 amide bonds. The average Bonchev–Trinajstić information content (AvgIpc) is 3.25. The molecule has 0 radical (unpaired) electrons. The van der Waals surface area contributed by atoms with Crippen LogP contribution in [0.4, 0.5) is 4.79 Å². The van der Waals surface area contributed by atoms with Crippen LogP contribution in [0.15, 0.2) is 91.1 Å². The summed E-state index contributed by atoms with van der Waals surface area (Å²) in [5.74, 6) is 0.777. The highest BCUT2D eigenvalue weighted by Gasteiger charge is 2.25. The van der Waals surface area contributed by atoms with E-state index < -0.39 is 18.2 Å². The van der Waals surface area contributed by atoms with E-state index in [-0.39, 0.29) is 6.61 Å². The molecule has 4 aromatic rings. The molecule has 2 atom stereocenters. The molecule has 0 saturated carbocycles. The van der Waals surface area contributed by atoms with Gasteiger partial charge in [0, 0.05) is 24.1 Å². The van der Waals surface area contributed by atoms with E-state index in [0.29, 0.717) is 6.61 Å². The lowest BCUT2D eigenvalue weighted by Gasteiger charge is -2.26. The van der Waals surface area contributed by atoms with Crippen molar-refractivity contribution >= 4 is 17.0 Å². The lowest BCUT2D eigenvalue weighted by Crippen LogP contribution is -2.32. The molecule has 6 heteroatoms. The normalized spacial score (nSPS) is 12.8. The van der Waals surface area contributed by atoms with Crippen LogP contribution in [0.5, 0.6) is 5.75 Å². The van der Waals surface area contributed by atoms with Crippen molar-refractivity contribution in [3.05, 3.63) is 102 Å². The van der Waals surface area contributed by atoms with Crippen molar-refractivity contribution in [2.75, 3.05) is 13.7 Å². The first-order valence-electron chi connectivity index (χ1n) is 10.5. The fourth-order valence-electron chi connectivity index (χ4n) is 3.76. The Bertz CT molecular complexity index is 1160. The lowest BCUT2D eigenvalue weighted by atomic mass is 10.0. The Morgan fingerprint density at radius 2 is 1.72 bits per heavy atom. The summed E-state index contributed by atoms with van der Waals surface area (Å²) >= 11 is 0. The first-order valence-corrected chi connectivity index (χ1v) is 10.5. The van der Waals surface area contributed by atoms with Crippen molar-refractivity contribution in [1.82, 2.24) is 9.88 Å². The van der Waals surface area contributed by atoms with E-state index in [1.807, 2.05) is 95.7 Å². The molecule has 1 heterocycles. The molecule has 0 aliphatic heterocycles. The van der Waals surface area contributed by atoms with Gasteiger partial charge in [0.15, 0.2) is 0 Å². The molecule has 1 aromatic heterocycles. The molecule has 0 aliphatic rings. The van der Waals surface area contributed by atoms with Crippen LogP contribution < -0.4 is 10.1 Å². The zero-order valence-corrected chi connectivity index (χ0v) is 17.8. The monoisotopic (exact) mass is 430 g/mol. The summed E-state index contributed by atoms with van der Waals surface area (Å²) < 4.78 is 13.1. The van der Waals surface area contributed by atoms with Gasteiger partial charge in [-0.1, -0.05) is 60.7 Å². The number of alkyl carbamates (subject to hydrolysis) is 1. The Labute approximate surface area is 187 Å². The Balaban J connectivity index is 1.60. The summed E-state index contributed by atoms with van der Waals surface area (Å²) in [6.07, 6.45) is 0.430. The van der Waals surface area contributed by atoms with E-state index in [4.69, 9.17) is 9.47 Å². The van der Waals surface area contributed by atoms with E-state index in [2.05, 4.69) is 5.32 Å². The summed E-state index contributed by atoms with van der Waals surface area (Å²) in [5, 5.41) is 14.3. The van der Waals surface area contributed by atoms with Crippen molar-refractivity contribution in [3.8, 4) is 5.75 Å². The van der Waals surface area contributed by atoms with Crippen molar-refractivity contribution in [2.24, 2.45) is 0 Å². The van der Waals surface area contributed by atoms with Gasteiger partial charge >= 0.3 is 6.09 Å². The van der Waals surface area contributed by atoms with Crippen LogP contribution in [-0.2, 0) is 11.3 Å². The summed E-state index contributed by atoms with van der Waals surface area (Å²) in [5.41, 5.74) is 2.97. The third-order valence-electron chi connectivity index (χ3n) is 5.33. The Morgan fingerprint density at radius 1 is 1.00 bits per heavy atom. The molecule has 0 saturated heterocycles. The van der Waals surface area contributed by atoms with Crippen LogP contribution >= 0.6 is 0 Å². The quantitative estimate of drug-likeness (QED) is 0.431. The van der Waals surface area contributed by atoms with E-state index in [1.54, 1.807) is 0 Å². The second kappa shape index (κ2) is 10.0. The van der Waals surface area contributed by atoms with Crippen LogP contribution in [0.2, 0.25) is 0 Å². The van der Waals surface area contributed by atoms with Crippen molar-refractivity contribution in [1.29, 1.82) is 0 Å². The van der Waals surface area contributed by atoms with Gasteiger partial charge in [-0.05, 0) is 35.4 Å². The topological polar surface area (TPSA) is 72.7 Å². The van der Waals surface area contributed by atoms with E-state index in [1.165, 1.54) is 7.05 Å². The van der Waals surface area contributed by atoms with Gasteiger partial charge in [0.25, 0.3) is 0 Å². The maximum absolute atomic E-state index is 11.5. The van der Waals surface area contributed by atoms with Gasteiger partial charge in [0.2, 0.25) is 0 Å². The number of nitrogens with zero attached hydrogens (tertiary/aromatic N) is 1. The zero-order chi connectivity index (χ0) is 22.3. The number of aliphatic hydroxyl groups is 1. The molecule has 0 fully saturated rings. The first kappa shape index (κ1) is 21.5. The van der Waals surface area contributed by atoms with Gasteiger partial charge in [-0.15, -0.1) is 0 Å². The third kappa shape index (κ3) is 4.92. The van der Waals surface area contributed by atoms with Gasteiger partial charge in [-0.2, -0.15) is 0 Å². The largest absolute Gasteiger partial charge is 0.489 e. The standard InChI is InChI=1S/C26H26N2O4/c1-27-26(30)32-18-24(29)25(20-10-6-3-7-11-20)28-15-14-21-16-22(12-13-23(21)28)31-17-19-8-4-2-5-9-19/h2-16,24-25,29H,17-18H2,1H3,(H,27,30)/t24-,25-/m0/s1. The number of hydrogen-bond acceptors (Lipinski definition) is 4. The van der Waals surface area contributed by atoms with Crippen molar-refractivity contribution < 1.29 is 19.4 Å². The fourth-order valence-corrected chi connectivity index (χ4v) is 3.76. The lowest BCUT2D eigenvalue weighted by molar-refractivity contribution is 0.0477. The number of carbonyl (C=O) groups is 1. The molecule has 0 bridgehead atoms. The van der Waals surface area contributed by atoms with Gasteiger partial charge in [0.05, 0.1) is 6.04 Å². The van der Waals surface area contributed by atoms with E-state index in [0.717, 1.165) is 27.8 Å². The molecule has 3 aromatic carbocycles. The van der Waals surface area contributed by atoms with E-state index >= 15 is 0 Å². The predicted molar refractivity (Wildman–Crippen MR) is 124 cm³/mol. The van der Waals surface area contributed by atoms with Crippen LogP contribution in [0.1, 0.15) is 17.2 Å². The number of nitrogens with one attached hydrogen (secondary N) is 1. The minimum Gasteiger partial charge on any atom is -0.489 e. The number of rotatable bonds is 8. The van der Waals surface area contributed by atoms with Crippen molar-refractivity contribution in [2.45, 2.75) is 18.8 Å². The molecule has 6 nitrogen and oxygen atoms in total. The Hall–Kier alpha value is -3.77. The maximum Gasteiger partial charge on any atom is 0.406 e. The van der Waals surface area contributed by atoms with Gasteiger partial charge in [-0.25, -0.2) is 4.79 Å². The number of hydrogen-bond donors (Lipinski definition) is 2.